The van der Waals surface area contributed by atoms with Gasteiger partial charge < -0.3 is 5.32 Å². The van der Waals surface area contributed by atoms with Crippen molar-refractivity contribution in [2.45, 2.75) is 18.7 Å². The molecule has 0 bridgehead atoms. The van der Waals surface area contributed by atoms with Crippen molar-refractivity contribution in [1.29, 1.82) is 0 Å². The van der Waals surface area contributed by atoms with E-state index < -0.39 is 0 Å². The van der Waals surface area contributed by atoms with Crippen LogP contribution in [0.15, 0.2) is 90.3 Å². The largest absolute Gasteiger partial charge is 0.350 e. The maximum Gasteiger partial charge on any atom is 0.240 e. The topological polar surface area (TPSA) is 67.2 Å². The van der Waals surface area contributed by atoms with E-state index in [4.69, 9.17) is 5.10 Å². The van der Waals surface area contributed by atoms with Gasteiger partial charge in [-0.3, -0.25) is 14.5 Å². The number of nitrogens with one attached hydrogen (secondary N) is 1. The first kappa shape index (κ1) is 27.9. The van der Waals surface area contributed by atoms with Gasteiger partial charge in [0.25, 0.3) is 0 Å². The van der Waals surface area contributed by atoms with E-state index in [9.17, 15) is 18.4 Å². The summed E-state index contributed by atoms with van der Waals surface area (Å²) in [7, 11) is 0. The molecular weight excluding hydrogens is 575 g/mol. The van der Waals surface area contributed by atoms with Crippen LogP contribution in [0.5, 0.6) is 0 Å². The Morgan fingerprint density at radius 3 is 2.38 bits per heavy atom. The number of nitrogens with zero attached hydrogens (tertiary/aromatic N) is 3. The summed E-state index contributed by atoms with van der Waals surface area (Å²) < 4.78 is 29.0. The highest BCUT2D eigenvalue weighted by Crippen LogP contribution is 2.49. The zero-order chi connectivity index (χ0) is 29.2. The number of thiophene rings is 1. The van der Waals surface area contributed by atoms with Crippen molar-refractivity contribution in [3.63, 3.8) is 0 Å². The number of para-hydroxylation sites is 1. The molecule has 10 heteroatoms. The molecule has 1 atom stereocenters. The van der Waals surface area contributed by atoms with E-state index in [0.29, 0.717) is 11.5 Å². The molecular formula is C32H26F2N4O2S2. The number of hydrogen-bond donors (Lipinski definition) is 1. The van der Waals surface area contributed by atoms with E-state index in [0.717, 1.165) is 32.8 Å². The van der Waals surface area contributed by atoms with E-state index in [2.05, 4.69) is 5.32 Å². The number of carbonyl (C=O) groups excluding carboxylic acids is 2. The number of amides is 2. The molecule has 0 aliphatic carbocycles. The van der Waals surface area contributed by atoms with Gasteiger partial charge in [0.15, 0.2) is 0 Å². The summed E-state index contributed by atoms with van der Waals surface area (Å²) in [6, 6.07) is 23.9. The van der Waals surface area contributed by atoms with Gasteiger partial charge in [-0.2, -0.15) is 5.10 Å². The van der Waals surface area contributed by atoms with Crippen molar-refractivity contribution in [1.82, 2.24) is 15.1 Å². The number of benzene rings is 3. The average molecular weight is 601 g/mol. The highest BCUT2D eigenvalue weighted by Gasteiger charge is 2.38. The molecule has 6 rings (SSSR count). The van der Waals surface area contributed by atoms with E-state index in [1.807, 2.05) is 48.7 Å². The van der Waals surface area contributed by atoms with Crippen LogP contribution >= 0.6 is 23.1 Å². The maximum absolute atomic E-state index is 13.9. The van der Waals surface area contributed by atoms with Gasteiger partial charge in [-0.1, -0.05) is 48.5 Å². The lowest BCUT2D eigenvalue weighted by Crippen LogP contribution is -2.42. The monoisotopic (exact) mass is 600 g/mol. The van der Waals surface area contributed by atoms with E-state index in [-0.39, 0.29) is 47.5 Å². The first-order valence-electron chi connectivity index (χ1n) is 13.3. The molecule has 1 unspecified atom stereocenters. The third-order valence-electron chi connectivity index (χ3n) is 7.06. The fourth-order valence-electron chi connectivity index (χ4n) is 4.99. The van der Waals surface area contributed by atoms with E-state index in [1.165, 1.54) is 52.3 Å². The Morgan fingerprint density at radius 1 is 0.976 bits per heavy atom. The Morgan fingerprint density at radius 2 is 1.69 bits per heavy atom. The van der Waals surface area contributed by atoms with Crippen LogP contribution in [0.25, 0.3) is 16.3 Å². The zero-order valence-corrected chi connectivity index (χ0v) is 24.2. The summed E-state index contributed by atoms with van der Waals surface area (Å²) in [5.41, 5.74) is 4.80. The zero-order valence-electron chi connectivity index (χ0n) is 22.6. The van der Waals surface area contributed by atoms with Gasteiger partial charge in [0.2, 0.25) is 11.8 Å². The SMILES string of the molecule is Cc1ccccc1-n1nc(-c2cccs2)c2c1N(CC(=O)NCc1ccc(F)cc1)C(=O)CSC2c1ccc(F)cc1. The Kier molecular flexibility index (Phi) is 7.90. The van der Waals surface area contributed by atoms with Gasteiger partial charge >= 0.3 is 0 Å². The highest BCUT2D eigenvalue weighted by molar-refractivity contribution is 8.00. The van der Waals surface area contributed by atoms with Crippen LogP contribution in [0.3, 0.4) is 0 Å². The Bertz CT molecular complexity index is 1740. The average Bonchev–Trinajstić information content (AvgIpc) is 3.63. The van der Waals surface area contributed by atoms with Gasteiger partial charge in [0.1, 0.15) is 29.7 Å². The number of aromatic nitrogens is 2. The Hall–Kier alpha value is -4.28. The van der Waals surface area contributed by atoms with Crippen molar-refractivity contribution < 1.29 is 18.4 Å². The molecule has 1 N–H and O–H groups in total. The second-order valence-electron chi connectivity index (χ2n) is 9.89. The normalized spacial score (nSPS) is 14.9. The molecule has 2 aromatic heterocycles. The predicted octanol–water partition coefficient (Wildman–Crippen LogP) is 6.67. The molecule has 6 nitrogen and oxygen atoms in total. The summed E-state index contributed by atoms with van der Waals surface area (Å²) in [4.78, 5) is 29.5. The molecule has 212 valence electrons. The summed E-state index contributed by atoms with van der Waals surface area (Å²) >= 11 is 2.97. The fraction of sp³-hybridized carbons (Fsp3) is 0.156. The Balaban J connectivity index is 1.49. The third kappa shape index (κ3) is 5.60. The van der Waals surface area contributed by atoms with Crippen LogP contribution in [0.2, 0.25) is 0 Å². The summed E-state index contributed by atoms with van der Waals surface area (Å²) in [5.74, 6) is -0.683. The number of halogens is 2. The Labute approximate surface area is 250 Å². The van der Waals surface area contributed by atoms with Crippen LogP contribution in [0.1, 0.15) is 27.5 Å². The van der Waals surface area contributed by atoms with Crippen LogP contribution in [-0.4, -0.2) is 33.9 Å². The number of thioether (sulfide) groups is 1. The molecule has 1 aliphatic rings. The molecule has 3 heterocycles. The van der Waals surface area contributed by atoms with Crippen LogP contribution in [-0.2, 0) is 16.1 Å². The first-order chi connectivity index (χ1) is 20.4. The number of rotatable bonds is 7. The first-order valence-corrected chi connectivity index (χ1v) is 15.2. The smallest absolute Gasteiger partial charge is 0.240 e. The number of carbonyl (C=O) groups is 2. The number of hydrogen-bond acceptors (Lipinski definition) is 5. The lowest BCUT2D eigenvalue weighted by molar-refractivity contribution is -0.123. The van der Waals surface area contributed by atoms with Gasteiger partial charge in [-0.05, 0) is 65.4 Å². The molecule has 5 aromatic rings. The highest BCUT2D eigenvalue weighted by atomic mass is 32.2. The van der Waals surface area contributed by atoms with Crippen molar-refractivity contribution in [3.8, 4) is 16.3 Å². The molecule has 0 fully saturated rings. The van der Waals surface area contributed by atoms with Gasteiger partial charge in [0, 0.05) is 12.1 Å². The minimum Gasteiger partial charge on any atom is -0.350 e. The van der Waals surface area contributed by atoms with E-state index in [1.54, 1.807) is 28.9 Å². The summed E-state index contributed by atoms with van der Waals surface area (Å²) in [6.07, 6.45) is 0. The molecule has 3 aromatic carbocycles. The fourth-order valence-corrected chi connectivity index (χ4v) is 6.91. The summed E-state index contributed by atoms with van der Waals surface area (Å²) in [5, 5.41) is 9.56. The van der Waals surface area contributed by atoms with Crippen LogP contribution in [0, 0.1) is 18.6 Å². The summed E-state index contributed by atoms with van der Waals surface area (Å²) in [6.45, 7) is 1.93. The molecule has 0 spiro atoms. The minimum atomic E-state index is -0.362. The molecule has 0 saturated heterocycles. The van der Waals surface area contributed by atoms with Gasteiger partial charge in [-0.25, -0.2) is 13.5 Å². The molecule has 0 radical (unpaired) electrons. The third-order valence-corrected chi connectivity index (χ3v) is 9.20. The predicted molar refractivity (Wildman–Crippen MR) is 163 cm³/mol. The van der Waals surface area contributed by atoms with Crippen molar-refractivity contribution >= 4 is 40.7 Å². The number of fused-ring (bicyclic) bond motifs is 1. The second-order valence-corrected chi connectivity index (χ2v) is 11.9. The maximum atomic E-state index is 13.9. The van der Waals surface area contributed by atoms with Gasteiger partial charge in [0.05, 0.1) is 21.6 Å². The quantitative estimate of drug-likeness (QED) is 0.227. The van der Waals surface area contributed by atoms with E-state index >= 15 is 0 Å². The minimum absolute atomic E-state index is 0.111. The second kappa shape index (κ2) is 11.9. The lowest BCUT2D eigenvalue weighted by Gasteiger charge is -2.23. The van der Waals surface area contributed by atoms with Crippen molar-refractivity contribution in [3.05, 3.63) is 124 Å². The number of aryl methyl sites for hydroxylation is 1. The number of anilines is 1. The lowest BCUT2D eigenvalue weighted by atomic mass is 10.0. The van der Waals surface area contributed by atoms with Gasteiger partial charge in [-0.15, -0.1) is 23.1 Å². The van der Waals surface area contributed by atoms with Crippen molar-refractivity contribution in [2.24, 2.45) is 0 Å². The standard InChI is InChI=1S/C32H26F2N4O2S2/c1-20-5-2-3-6-25(20)38-32-29(30(36-38)26-7-4-16-41-26)31(22-10-14-24(34)15-11-22)42-19-28(40)37(32)18-27(39)35-17-21-8-12-23(33)13-9-21/h2-16,31H,17-19H2,1H3,(H,35,39). The van der Waals surface area contributed by atoms with Crippen LogP contribution < -0.4 is 10.2 Å². The van der Waals surface area contributed by atoms with Crippen LogP contribution in [0.4, 0.5) is 14.6 Å². The van der Waals surface area contributed by atoms with Crippen molar-refractivity contribution in [2.75, 3.05) is 17.2 Å². The molecule has 42 heavy (non-hydrogen) atoms. The molecule has 0 saturated carbocycles. The molecule has 1 aliphatic heterocycles. The molecule has 2 amide bonds.